The van der Waals surface area contributed by atoms with Gasteiger partial charge in [0.05, 0.1) is 88.9 Å². The summed E-state index contributed by atoms with van der Waals surface area (Å²) >= 11 is 0. The van der Waals surface area contributed by atoms with Crippen molar-refractivity contribution in [2.24, 2.45) is 29.6 Å². The third-order valence-electron chi connectivity index (χ3n) is 12.4. The van der Waals surface area contributed by atoms with Gasteiger partial charge in [-0.2, -0.15) is 0 Å². The summed E-state index contributed by atoms with van der Waals surface area (Å²) in [4.78, 5) is 78.4. The van der Waals surface area contributed by atoms with Crippen molar-refractivity contribution in [2.45, 2.75) is 123 Å². The highest BCUT2D eigenvalue weighted by atomic mass is 16.6. The molecule has 1 aromatic carbocycles. The van der Waals surface area contributed by atoms with Gasteiger partial charge in [0, 0.05) is 40.8 Å². The molecule has 5 N–H and O–H groups in total. The molecule has 2 rings (SSSR count). The number of nitrogens with zero attached hydrogens (tertiary/aromatic N) is 3. The summed E-state index contributed by atoms with van der Waals surface area (Å²) in [7, 11) is 6.59. The van der Waals surface area contributed by atoms with E-state index in [-0.39, 0.29) is 48.3 Å². The van der Waals surface area contributed by atoms with Crippen LogP contribution in [-0.2, 0) is 58.9 Å². The highest BCUT2D eigenvalue weighted by Crippen LogP contribution is 2.30. The molecule has 0 saturated carbocycles. The van der Waals surface area contributed by atoms with Crippen LogP contribution in [0.3, 0.4) is 0 Å². The van der Waals surface area contributed by atoms with Crippen molar-refractivity contribution in [2.75, 3.05) is 87.7 Å². The SMILES string of the molecule is CC[C@H](C)C([C@@H](CC(=O)N1CCC[C@H]1[C@H](OC)[C@@H](C)C(=O)N[C@@H](Cc1ccccc1)C(=O)O)OC)N(C)C(=O)[C@@H](NC(=O)C(C(C)C)N(C)CCOCCOCCOCCON)C(C)C. The van der Waals surface area contributed by atoms with Gasteiger partial charge in [-0.25, -0.2) is 10.7 Å². The first kappa shape index (κ1) is 57.4. The molecule has 1 aliphatic rings. The highest BCUT2D eigenvalue weighted by molar-refractivity contribution is 5.90. The van der Waals surface area contributed by atoms with E-state index in [0.717, 1.165) is 5.56 Å². The minimum Gasteiger partial charge on any atom is -0.480 e. The Morgan fingerprint density at radius 3 is 1.95 bits per heavy atom. The van der Waals surface area contributed by atoms with E-state index >= 15 is 0 Å². The zero-order chi connectivity index (χ0) is 48.6. The number of hydrogen-bond donors (Lipinski definition) is 4. The number of hydrogen-bond acceptors (Lipinski definition) is 13. The van der Waals surface area contributed by atoms with Crippen LogP contribution in [0.1, 0.15) is 79.7 Å². The number of rotatable bonds is 33. The standard InChI is InChI=1S/C47H82N6O12/c1-12-33(6)42(52(9)46(57)40(31(2)3)50-45(56)41(32(4)5)51(8)21-22-62-23-24-63-25-26-64-27-28-65-48)38(60-10)30-39(54)53-20-16-19-37(53)43(61-11)34(7)44(55)49-36(47(58)59)29-35-17-14-13-15-18-35/h13-15,17-18,31-34,36-38,40-43H,12,16,19-30,48H2,1-11H3,(H,49,55)(H,50,56)(H,58,59)/t33-,34+,36-,37-,38+,40-,41?,42?,43+/m0/s1. The van der Waals surface area contributed by atoms with Crippen molar-refractivity contribution in [3.8, 4) is 0 Å². The number of aliphatic carboxylic acids is 1. The average molecular weight is 923 g/mol. The van der Waals surface area contributed by atoms with Crippen molar-refractivity contribution < 1.29 is 57.6 Å². The first-order chi connectivity index (χ1) is 30.9. The molecule has 1 saturated heterocycles. The number of likely N-dealkylation sites (N-methyl/N-ethyl adjacent to an activating group) is 2. The second kappa shape index (κ2) is 30.5. The van der Waals surface area contributed by atoms with Crippen molar-refractivity contribution in [1.82, 2.24) is 25.3 Å². The van der Waals surface area contributed by atoms with Gasteiger partial charge in [-0.1, -0.05) is 85.2 Å². The van der Waals surface area contributed by atoms with Crippen molar-refractivity contribution in [1.29, 1.82) is 0 Å². The van der Waals surface area contributed by atoms with E-state index < -0.39 is 60.2 Å². The number of amides is 4. The molecular formula is C47H82N6O12. The molecule has 2 unspecified atom stereocenters. The summed E-state index contributed by atoms with van der Waals surface area (Å²) in [5, 5.41) is 15.7. The second-order valence-electron chi connectivity index (χ2n) is 17.8. The monoisotopic (exact) mass is 923 g/mol. The summed E-state index contributed by atoms with van der Waals surface area (Å²) < 4.78 is 28.6. The Labute approximate surface area is 387 Å². The van der Waals surface area contributed by atoms with Gasteiger partial charge in [-0.15, -0.1) is 0 Å². The van der Waals surface area contributed by atoms with E-state index in [0.29, 0.717) is 78.6 Å². The van der Waals surface area contributed by atoms with Crippen LogP contribution in [0, 0.1) is 23.7 Å². The molecule has 4 amide bonds. The maximum Gasteiger partial charge on any atom is 0.326 e. The quantitative estimate of drug-likeness (QED) is 0.0589. The second-order valence-corrected chi connectivity index (χ2v) is 17.8. The maximum atomic E-state index is 14.5. The summed E-state index contributed by atoms with van der Waals surface area (Å²) in [5.41, 5.74) is 0.776. The maximum absolute atomic E-state index is 14.5. The van der Waals surface area contributed by atoms with Crippen LogP contribution < -0.4 is 16.5 Å². The molecule has 18 nitrogen and oxygen atoms in total. The van der Waals surface area contributed by atoms with Crippen molar-refractivity contribution in [3.63, 3.8) is 0 Å². The first-order valence-electron chi connectivity index (χ1n) is 23.2. The van der Waals surface area contributed by atoms with Gasteiger partial charge in [0.2, 0.25) is 23.6 Å². The van der Waals surface area contributed by atoms with Crippen molar-refractivity contribution >= 4 is 29.6 Å². The number of nitrogens with two attached hydrogens (primary N) is 1. The Balaban J connectivity index is 2.14. The number of ether oxygens (including phenoxy) is 5. The zero-order valence-electron chi connectivity index (χ0n) is 41.0. The third kappa shape index (κ3) is 18.5. The summed E-state index contributed by atoms with van der Waals surface area (Å²) in [6.07, 6.45) is 0.641. The van der Waals surface area contributed by atoms with E-state index in [1.165, 1.54) is 14.2 Å². The largest absolute Gasteiger partial charge is 0.480 e. The third-order valence-corrected chi connectivity index (χ3v) is 12.4. The predicted octanol–water partition coefficient (Wildman–Crippen LogP) is 2.76. The number of carbonyl (C=O) groups is 5. The van der Waals surface area contributed by atoms with Gasteiger partial charge in [-0.05, 0) is 43.2 Å². The minimum absolute atomic E-state index is 0.0403. The number of methoxy groups -OCH3 is 2. The normalized spacial score (nSPS) is 17.9. The molecule has 1 heterocycles. The number of carboxylic acids is 1. The lowest BCUT2D eigenvalue weighted by atomic mass is 9.89. The lowest BCUT2D eigenvalue weighted by molar-refractivity contribution is -0.148. The number of nitrogens with one attached hydrogen (secondary N) is 2. The molecule has 0 aromatic heterocycles. The Hall–Kier alpha value is -3.75. The van der Waals surface area contributed by atoms with Crippen LogP contribution in [0.5, 0.6) is 0 Å². The van der Waals surface area contributed by atoms with Gasteiger partial charge in [0.25, 0.3) is 0 Å². The highest BCUT2D eigenvalue weighted by Gasteiger charge is 2.43. The van der Waals surface area contributed by atoms with Crippen LogP contribution in [-0.4, -0.2) is 179 Å². The fourth-order valence-electron chi connectivity index (χ4n) is 8.64. The molecule has 0 bridgehead atoms. The Morgan fingerprint density at radius 2 is 1.43 bits per heavy atom. The van der Waals surface area contributed by atoms with Crippen LogP contribution in [0.15, 0.2) is 30.3 Å². The van der Waals surface area contributed by atoms with E-state index in [9.17, 15) is 29.1 Å². The number of carbonyl (C=O) groups excluding carboxylic acids is 4. The van der Waals surface area contributed by atoms with Crippen LogP contribution in [0.2, 0.25) is 0 Å². The zero-order valence-corrected chi connectivity index (χ0v) is 41.0. The van der Waals surface area contributed by atoms with E-state index in [1.54, 1.807) is 23.8 Å². The van der Waals surface area contributed by atoms with Crippen molar-refractivity contribution in [3.05, 3.63) is 35.9 Å². The fraction of sp³-hybridized carbons (Fsp3) is 0.766. The molecule has 1 aliphatic heterocycles. The van der Waals surface area contributed by atoms with Crippen LogP contribution >= 0.6 is 0 Å². The molecule has 372 valence electrons. The average Bonchev–Trinajstić information content (AvgIpc) is 3.76. The first-order valence-corrected chi connectivity index (χ1v) is 23.2. The molecular weight excluding hydrogens is 841 g/mol. The van der Waals surface area contributed by atoms with E-state index in [2.05, 4.69) is 15.5 Å². The lowest BCUT2D eigenvalue weighted by Crippen LogP contribution is -2.60. The molecule has 18 heteroatoms. The summed E-state index contributed by atoms with van der Waals surface area (Å²) in [5.74, 6) is 1.40. The van der Waals surface area contributed by atoms with Gasteiger partial charge in [0.15, 0.2) is 0 Å². The van der Waals surface area contributed by atoms with Crippen LogP contribution in [0.4, 0.5) is 0 Å². The smallest absolute Gasteiger partial charge is 0.326 e. The Kier molecular flexibility index (Phi) is 26.9. The number of benzene rings is 1. The lowest BCUT2D eigenvalue weighted by Gasteiger charge is -2.41. The molecule has 9 atom stereocenters. The molecule has 1 fully saturated rings. The number of likely N-dealkylation sites (tertiary alicyclic amines) is 1. The molecule has 0 aliphatic carbocycles. The fourth-order valence-corrected chi connectivity index (χ4v) is 8.64. The van der Waals surface area contributed by atoms with Crippen LogP contribution in [0.25, 0.3) is 0 Å². The molecule has 65 heavy (non-hydrogen) atoms. The summed E-state index contributed by atoms with van der Waals surface area (Å²) in [6, 6.07) is 5.58. The minimum atomic E-state index is -1.15. The Morgan fingerprint density at radius 1 is 0.831 bits per heavy atom. The Bertz CT molecular complexity index is 1560. The predicted molar refractivity (Wildman–Crippen MR) is 246 cm³/mol. The topological polar surface area (TPSA) is 221 Å². The van der Waals surface area contributed by atoms with E-state index in [1.807, 2.05) is 83.8 Å². The molecule has 0 radical (unpaired) electrons. The summed E-state index contributed by atoms with van der Waals surface area (Å²) in [6.45, 7) is 17.1. The molecule has 1 aromatic rings. The van der Waals surface area contributed by atoms with Gasteiger partial charge >= 0.3 is 5.97 Å². The van der Waals surface area contributed by atoms with Gasteiger partial charge in [0.1, 0.15) is 12.1 Å². The molecule has 0 spiro atoms. The van der Waals surface area contributed by atoms with Gasteiger partial charge in [-0.3, -0.25) is 24.1 Å². The van der Waals surface area contributed by atoms with E-state index in [4.69, 9.17) is 29.6 Å². The van der Waals surface area contributed by atoms with Gasteiger partial charge < -0.3 is 54.1 Å². The number of carboxylic acid groups (broad SMARTS) is 1.